The highest BCUT2D eigenvalue weighted by Crippen LogP contribution is 2.52. The molecule has 0 aromatic heterocycles. The molecule has 0 bridgehead atoms. The minimum Gasteiger partial charge on any atom is -0.481 e. The molecule has 0 aromatic carbocycles. The van der Waals surface area contributed by atoms with Crippen molar-refractivity contribution in [2.45, 2.75) is 32.4 Å². The van der Waals surface area contributed by atoms with E-state index >= 15 is 0 Å². The van der Waals surface area contributed by atoms with Gasteiger partial charge < -0.3 is 14.7 Å². The Morgan fingerprint density at radius 3 is 2.40 bits per heavy atom. The first-order chi connectivity index (χ1) is 6.81. The van der Waals surface area contributed by atoms with Crippen LogP contribution in [0.25, 0.3) is 0 Å². The number of likely N-dealkylation sites (tertiary alicyclic amines) is 1. The van der Waals surface area contributed by atoms with Crippen molar-refractivity contribution < 1.29 is 19.4 Å². The fraction of sp³-hybridized carbons (Fsp3) is 0.800. The van der Waals surface area contributed by atoms with E-state index in [4.69, 9.17) is 9.84 Å². The molecule has 2 rings (SSSR count). The van der Waals surface area contributed by atoms with Gasteiger partial charge in [0, 0.05) is 12.5 Å². The minimum absolute atomic E-state index is 0.114. The molecule has 1 saturated heterocycles. The van der Waals surface area contributed by atoms with E-state index in [-0.39, 0.29) is 17.9 Å². The number of carboxylic acid groups (broad SMARTS) is 1. The summed E-state index contributed by atoms with van der Waals surface area (Å²) in [5.74, 6) is -1.01. The third-order valence-corrected chi connectivity index (χ3v) is 2.81. The van der Waals surface area contributed by atoms with Gasteiger partial charge in [0.25, 0.3) is 0 Å². The zero-order valence-corrected chi connectivity index (χ0v) is 9.06. The Morgan fingerprint density at radius 1 is 1.40 bits per heavy atom. The molecule has 2 fully saturated rings. The molecule has 1 N–H and O–H groups in total. The summed E-state index contributed by atoms with van der Waals surface area (Å²) in [7, 11) is 0. The predicted molar refractivity (Wildman–Crippen MR) is 51.3 cm³/mol. The number of carboxylic acids is 1. The van der Waals surface area contributed by atoms with Crippen LogP contribution in [0.2, 0.25) is 0 Å². The van der Waals surface area contributed by atoms with Gasteiger partial charge in [0.2, 0.25) is 0 Å². The zero-order valence-electron chi connectivity index (χ0n) is 9.06. The lowest BCUT2D eigenvalue weighted by Crippen LogP contribution is -2.46. The van der Waals surface area contributed by atoms with E-state index in [1.165, 1.54) is 4.90 Å². The summed E-state index contributed by atoms with van der Waals surface area (Å²) < 4.78 is 5.16. The molecular formula is C10H15NO4. The van der Waals surface area contributed by atoms with Gasteiger partial charge in [0.15, 0.2) is 0 Å². The summed E-state index contributed by atoms with van der Waals surface area (Å²) in [5, 5.41) is 8.79. The molecule has 1 saturated carbocycles. The van der Waals surface area contributed by atoms with E-state index in [9.17, 15) is 9.59 Å². The Hall–Kier alpha value is -1.26. The van der Waals surface area contributed by atoms with E-state index < -0.39 is 17.7 Å². The normalized spacial score (nSPS) is 32.7. The fourth-order valence-corrected chi connectivity index (χ4v) is 2.06. The summed E-state index contributed by atoms with van der Waals surface area (Å²) in [6.07, 6.45) is -0.396. The predicted octanol–water partition coefficient (Wildman–Crippen LogP) is 0.936. The van der Waals surface area contributed by atoms with Crippen LogP contribution in [0, 0.1) is 11.8 Å². The number of amides is 1. The Bertz CT molecular complexity index is 320. The molecule has 0 aromatic rings. The van der Waals surface area contributed by atoms with E-state index in [1.807, 2.05) is 0 Å². The molecule has 3 atom stereocenters. The van der Waals surface area contributed by atoms with Crippen LogP contribution in [-0.2, 0) is 9.53 Å². The third-order valence-electron chi connectivity index (χ3n) is 2.81. The number of rotatable bonds is 1. The van der Waals surface area contributed by atoms with Crippen molar-refractivity contribution in [2.24, 2.45) is 11.8 Å². The molecule has 1 amide bonds. The standard InChI is InChI=1S/C10H15NO4/c1-10(2,3)15-9(14)11-4-5-6(7(5)11)8(12)13/h5-7H,4H2,1-3H3,(H,12,13)/t5-,6-,7+/m1/s1. The fourth-order valence-electron chi connectivity index (χ4n) is 2.06. The van der Waals surface area contributed by atoms with Crippen LogP contribution < -0.4 is 0 Å². The zero-order chi connectivity index (χ0) is 11.4. The number of aliphatic carboxylic acids is 1. The first-order valence-electron chi connectivity index (χ1n) is 5.04. The maximum atomic E-state index is 11.6. The average Bonchev–Trinajstić information content (AvgIpc) is 2.50. The number of hydrogen-bond acceptors (Lipinski definition) is 3. The van der Waals surface area contributed by atoms with Gasteiger partial charge in [-0.1, -0.05) is 0 Å². The lowest BCUT2D eigenvalue weighted by Gasteiger charge is -2.32. The molecule has 84 valence electrons. The lowest BCUT2D eigenvalue weighted by atomic mass is 10.2. The van der Waals surface area contributed by atoms with Crippen LogP contribution in [-0.4, -0.2) is 40.3 Å². The molecule has 0 radical (unpaired) electrons. The summed E-state index contributed by atoms with van der Waals surface area (Å²) in [6.45, 7) is 5.91. The Kier molecular flexibility index (Phi) is 1.96. The van der Waals surface area contributed by atoms with Gasteiger partial charge in [-0.3, -0.25) is 4.79 Å². The molecule has 1 heterocycles. The average molecular weight is 213 g/mol. The number of ether oxygens (including phenoxy) is 1. The monoisotopic (exact) mass is 213 g/mol. The smallest absolute Gasteiger partial charge is 0.410 e. The van der Waals surface area contributed by atoms with Crippen molar-refractivity contribution in [3.8, 4) is 0 Å². The summed E-state index contributed by atoms with van der Waals surface area (Å²) in [4.78, 5) is 23.8. The molecule has 5 nitrogen and oxygen atoms in total. The number of carbonyl (C=O) groups is 2. The number of fused-ring (bicyclic) bond motifs is 1. The maximum Gasteiger partial charge on any atom is 0.410 e. The highest BCUT2D eigenvalue weighted by atomic mass is 16.6. The Labute approximate surface area is 88.0 Å². The minimum atomic E-state index is -0.809. The van der Waals surface area contributed by atoms with Crippen LogP contribution in [0.4, 0.5) is 4.79 Å². The molecule has 5 heteroatoms. The first kappa shape index (κ1) is 10.3. The summed E-state index contributed by atoms with van der Waals surface area (Å²) in [6, 6.07) is -0.114. The molecule has 0 unspecified atom stereocenters. The van der Waals surface area contributed by atoms with Gasteiger partial charge in [-0.25, -0.2) is 4.79 Å². The topological polar surface area (TPSA) is 66.8 Å². The highest BCUT2D eigenvalue weighted by Gasteiger charge is 2.68. The second-order valence-electron chi connectivity index (χ2n) is 5.15. The largest absolute Gasteiger partial charge is 0.481 e. The maximum absolute atomic E-state index is 11.6. The van der Waals surface area contributed by atoms with Gasteiger partial charge in [-0.05, 0) is 20.8 Å². The Balaban J connectivity index is 1.89. The van der Waals surface area contributed by atoms with Gasteiger partial charge in [0.05, 0.1) is 12.0 Å². The second kappa shape index (κ2) is 2.87. The van der Waals surface area contributed by atoms with E-state index in [0.717, 1.165) is 0 Å². The van der Waals surface area contributed by atoms with Crippen LogP contribution >= 0.6 is 0 Å². The molecule has 0 spiro atoms. The van der Waals surface area contributed by atoms with E-state index in [1.54, 1.807) is 20.8 Å². The van der Waals surface area contributed by atoms with Crippen molar-refractivity contribution in [3.63, 3.8) is 0 Å². The van der Waals surface area contributed by atoms with Crippen molar-refractivity contribution in [1.29, 1.82) is 0 Å². The molecule has 1 aliphatic heterocycles. The lowest BCUT2D eigenvalue weighted by molar-refractivity contribution is -0.138. The number of carbonyl (C=O) groups excluding carboxylic acids is 1. The van der Waals surface area contributed by atoms with Crippen molar-refractivity contribution in [1.82, 2.24) is 4.90 Å². The van der Waals surface area contributed by atoms with Gasteiger partial charge in [-0.2, -0.15) is 0 Å². The number of hydrogen-bond donors (Lipinski definition) is 1. The number of nitrogens with zero attached hydrogens (tertiary/aromatic N) is 1. The van der Waals surface area contributed by atoms with Gasteiger partial charge in [0.1, 0.15) is 5.60 Å². The van der Waals surface area contributed by atoms with Crippen LogP contribution in [0.15, 0.2) is 0 Å². The van der Waals surface area contributed by atoms with Crippen LogP contribution in [0.1, 0.15) is 20.8 Å². The third kappa shape index (κ3) is 1.66. The Morgan fingerprint density at radius 2 is 2.00 bits per heavy atom. The molecule has 1 aliphatic carbocycles. The van der Waals surface area contributed by atoms with Crippen molar-refractivity contribution in [2.75, 3.05) is 6.54 Å². The molecule has 15 heavy (non-hydrogen) atoms. The van der Waals surface area contributed by atoms with Gasteiger partial charge in [-0.15, -0.1) is 0 Å². The van der Waals surface area contributed by atoms with Gasteiger partial charge >= 0.3 is 12.1 Å². The van der Waals surface area contributed by atoms with Crippen molar-refractivity contribution in [3.05, 3.63) is 0 Å². The van der Waals surface area contributed by atoms with E-state index in [0.29, 0.717) is 6.54 Å². The molecule has 2 aliphatic rings. The summed E-state index contributed by atoms with van der Waals surface area (Å²) in [5.41, 5.74) is -0.518. The molecular weight excluding hydrogens is 198 g/mol. The quantitative estimate of drug-likeness (QED) is 0.703. The first-order valence-corrected chi connectivity index (χ1v) is 5.04. The highest BCUT2D eigenvalue weighted by molar-refractivity contribution is 5.81. The van der Waals surface area contributed by atoms with Crippen LogP contribution in [0.3, 0.4) is 0 Å². The van der Waals surface area contributed by atoms with Crippen molar-refractivity contribution >= 4 is 12.1 Å². The summed E-state index contributed by atoms with van der Waals surface area (Å²) >= 11 is 0. The SMILES string of the molecule is CC(C)(C)OC(=O)N1C[C@@H]2[C@@H](C(=O)O)[C@H]21. The second-order valence-corrected chi connectivity index (χ2v) is 5.15. The van der Waals surface area contributed by atoms with Crippen LogP contribution in [0.5, 0.6) is 0 Å². The van der Waals surface area contributed by atoms with E-state index in [2.05, 4.69) is 0 Å².